The molecule has 20 heavy (non-hydrogen) atoms. The molecule has 1 N–H and O–H groups in total. The Bertz CT molecular complexity index is 433. The van der Waals surface area contributed by atoms with Crippen LogP contribution in [0.4, 0.5) is 0 Å². The van der Waals surface area contributed by atoms with E-state index in [1.807, 2.05) is 6.20 Å². The summed E-state index contributed by atoms with van der Waals surface area (Å²) in [6, 6.07) is 0.668. The number of ether oxygens (including phenoxy) is 1. The maximum atomic E-state index is 5.78. The number of nitrogens with one attached hydrogen (secondary N) is 1. The number of hydrogen-bond acceptors (Lipinski definition) is 3. The fraction of sp³-hybridized carbons (Fsp3) is 0.800. The first kappa shape index (κ1) is 16.0. The molecule has 0 amide bonds. The van der Waals surface area contributed by atoms with E-state index in [9.17, 15) is 0 Å². The molecule has 1 aromatic rings. The van der Waals surface area contributed by atoms with Gasteiger partial charge in [-0.1, -0.05) is 6.92 Å². The molecule has 0 aliphatic carbocycles. The smallest absolute Gasteiger partial charge is 0.0702 e. The summed E-state index contributed by atoms with van der Waals surface area (Å²) >= 11 is 3.68. The van der Waals surface area contributed by atoms with Gasteiger partial charge in [-0.2, -0.15) is 5.10 Å². The SMILES string of the molecule is CCCNC(c1c(Br)cnn1C(C)C)C1COC(C)C1. The summed E-state index contributed by atoms with van der Waals surface area (Å²) < 4.78 is 9.00. The monoisotopic (exact) mass is 343 g/mol. The predicted octanol–water partition coefficient (Wildman–Crippen LogP) is 3.69. The van der Waals surface area contributed by atoms with Crippen LogP contribution in [0.25, 0.3) is 0 Å². The van der Waals surface area contributed by atoms with E-state index in [1.54, 1.807) is 0 Å². The third-order valence-corrected chi connectivity index (χ3v) is 4.50. The second-order valence-corrected chi connectivity index (χ2v) is 6.84. The molecule has 2 rings (SSSR count). The standard InChI is InChI=1S/C15H26BrN3O/c1-5-6-17-14(12-7-11(4)20-9-12)15-13(16)8-18-19(15)10(2)3/h8,10-12,14,17H,5-7,9H2,1-4H3. The molecule has 1 aliphatic rings. The molecule has 1 saturated heterocycles. The molecule has 3 unspecified atom stereocenters. The average Bonchev–Trinajstić information content (AvgIpc) is 2.98. The Morgan fingerprint density at radius 2 is 2.30 bits per heavy atom. The van der Waals surface area contributed by atoms with Crippen LogP contribution in [0, 0.1) is 5.92 Å². The number of nitrogens with zero attached hydrogens (tertiary/aromatic N) is 2. The van der Waals surface area contributed by atoms with E-state index in [0.717, 1.165) is 30.5 Å². The minimum Gasteiger partial charge on any atom is -0.378 e. The third-order valence-electron chi connectivity index (χ3n) is 3.89. The van der Waals surface area contributed by atoms with Gasteiger partial charge >= 0.3 is 0 Å². The molecule has 0 spiro atoms. The van der Waals surface area contributed by atoms with Crippen LogP contribution in [-0.2, 0) is 4.74 Å². The summed E-state index contributed by atoms with van der Waals surface area (Å²) in [5.74, 6) is 0.516. The first-order valence-corrected chi connectivity index (χ1v) is 8.41. The van der Waals surface area contributed by atoms with Gasteiger partial charge in [0.1, 0.15) is 0 Å². The molecule has 1 aromatic heterocycles. The lowest BCUT2D eigenvalue weighted by Gasteiger charge is -2.26. The summed E-state index contributed by atoms with van der Waals surface area (Å²) in [5.41, 5.74) is 1.26. The molecular weight excluding hydrogens is 318 g/mol. The zero-order valence-electron chi connectivity index (χ0n) is 12.9. The Hall–Kier alpha value is -0.390. The third kappa shape index (κ3) is 3.43. The summed E-state index contributed by atoms with van der Waals surface area (Å²) in [4.78, 5) is 0. The van der Waals surface area contributed by atoms with Gasteiger partial charge in [0.15, 0.2) is 0 Å². The lowest BCUT2D eigenvalue weighted by atomic mass is 9.94. The highest BCUT2D eigenvalue weighted by Gasteiger charge is 2.33. The van der Waals surface area contributed by atoms with Crippen molar-refractivity contribution in [2.45, 2.75) is 58.7 Å². The number of rotatable bonds is 6. The van der Waals surface area contributed by atoms with Gasteiger partial charge in [-0.3, -0.25) is 4.68 Å². The second kappa shape index (κ2) is 7.05. The van der Waals surface area contributed by atoms with Crippen molar-refractivity contribution in [2.75, 3.05) is 13.2 Å². The lowest BCUT2D eigenvalue weighted by molar-refractivity contribution is 0.116. The Morgan fingerprint density at radius 3 is 2.85 bits per heavy atom. The second-order valence-electron chi connectivity index (χ2n) is 5.99. The molecule has 4 nitrogen and oxygen atoms in total. The first-order chi connectivity index (χ1) is 9.54. The van der Waals surface area contributed by atoms with Crippen molar-refractivity contribution < 1.29 is 4.74 Å². The van der Waals surface area contributed by atoms with Gasteiger partial charge in [-0.05, 0) is 56.1 Å². The van der Waals surface area contributed by atoms with Crippen molar-refractivity contribution in [1.82, 2.24) is 15.1 Å². The van der Waals surface area contributed by atoms with Crippen molar-refractivity contribution in [1.29, 1.82) is 0 Å². The van der Waals surface area contributed by atoms with Gasteiger partial charge < -0.3 is 10.1 Å². The highest BCUT2D eigenvalue weighted by atomic mass is 79.9. The van der Waals surface area contributed by atoms with E-state index >= 15 is 0 Å². The Morgan fingerprint density at radius 1 is 1.55 bits per heavy atom. The molecule has 0 radical (unpaired) electrons. The highest BCUT2D eigenvalue weighted by molar-refractivity contribution is 9.10. The maximum Gasteiger partial charge on any atom is 0.0702 e. The molecule has 0 bridgehead atoms. The molecule has 2 heterocycles. The Labute approximate surface area is 130 Å². The zero-order valence-corrected chi connectivity index (χ0v) is 14.5. The fourth-order valence-electron chi connectivity index (χ4n) is 2.92. The van der Waals surface area contributed by atoms with Gasteiger partial charge in [-0.25, -0.2) is 0 Å². The van der Waals surface area contributed by atoms with Crippen molar-refractivity contribution in [2.24, 2.45) is 5.92 Å². The molecule has 1 aliphatic heterocycles. The van der Waals surface area contributed by atoms with Crippen LogP contribution in [0.2, 0.25) is 0 Å². The fourth-order valence-corrected chi connectivity index (χ4v) is 3.44. The lowest BCUT2D eigenvalue weighted by Crippen LogP contribution is -2.32. The van der Waals surface area contributed by atoms with Crippen LogP contribution < -0.4 is 5.32 Å². The van der Waals surface area contributed by atoms with E-state index in [2.05, 4.69) is 58.7 Å². The van der Waals surface area contributed by atoms with Gasteiger partial charge in [-0.15, -0.1) is 0 Å². The molecule has 3 atom stereocenters. The van der Waals surface area contributed by atoms with Gasteiger partial charge in [0.2, 0.25) is 0 Å². The van der Waals surface area contributed by atoms with Crippen LogP contribution in [0.1, 0.15) is 58.3 Å². The Kier molecular flexibility index (Phi) is 5.64. The Balaban J connectivity index is 2.28. The van der Waals surface area contributed by atoms with Crippen LogP contribution in [0.5, 0.6) is 0 Å². The molecule has 0 aromatic carbocycles. The molecule has 5 heteroatoms. The van der Waals surface area contributed by atoms with E-state index < -0.39 is 0 Å². The molecular formula is C15H26BrN3O. The molecule has 0 saturated carbocycles. The minimum atomic E-state index is 0.305. The van der Waals surface area contributed by atoms with E-state index in [4.69, 9.17) is 4.74 Å². The van der Waals surface area contributed by atoms with Gasteiger partial charge in [0.25, 0.3) is 0 Å². The van der Waals surface area contributed by atoms with E-state index in [-0.39, 0.29) is 0 Å². The number of aromatic nitrogens is 2. The van der Waals surface area contributed by atoms with E-state index in [1.165, 1.54) is 5.69 Å². The topological polar surface area (TPSA) is 39.1 Å². The van der Waals surface area contributed by atoms with Crippen LogP contribution >= 0.6 is 15.9 Å². The van der Waals surface area contributed by atoms with Crippen LogP contribution in [0.15, 0.2) is 10.7 Å². The quantitative estimate of drug-likeness (QED) is 0.855. The molecule has 114 valence electrons. The normalized spacial score (nSPS) is 24.5. The maximum absolute atomic E-state index is 5.78. The summed E-state index contributed by atoms with van der Waals surface area (Å²) in [6.45, 7) is 10.6. The summed E-state index contributed by atoms with van der Waals surface area (Å²) in [7, 11) is 0. The number of hydrogen-bond donors (Lipinski definition) is 1. The number of halogens is 1. The highest BCUT2D eigenvalue weighted by Crippen LogP contribution is 2.36. The summed E-state index contributed by atoms with van der Waals surface area (Å²) in [6.07, 6.45) is 4.51. The predicted molar refractivity (Wildman–Crippen MR) is 84.9 cm³/mol. The van der Waals surface area contributed by atoms with Crippen molar-refractivity contribution in [3.05, 3.63) is 16.4 Å². The van der Waals surface area contributed by atoms with Crippen molar-refractivity contribution >= 4 is 15.9 Å². The van der Waals surface area contributed by atoms with Crippen LogP contribution in [-0.4, -0.2) is 29.0 Å². The first-order valence-electron chi connectivity index (χ1n) is 7.62. The van der Waals surface area contributed by atoms with Gasteiger partial charge in [0, 0.05) is 12.0 Å². The zero-order chi connectivity index (χ0) is 14.7. The molecule has 1 fully saturated rings. The van der Waals surface area contributed by atoms with Crippen molar-refractivity contribution in [3.63, 3.8) is 0 Å². The van der Waals surface area contributed by atoms with Crippen LogP contribution in [0.3, 0.4) is 0 Å². The summed E-state index contributed by atoms with van der Waals surface area (Å²) in [5, 5.41) is 8.22. The van der Waals surface area contributed by atoms with E-state index in [0.29, 0.717) is 24.1 Å². The van der Waals surface area contributed by atoms with Crippen molar-refractivity contribution in [3.8, 4) is 0 Å². The largest absolute Gasteiger partial charge is 0.378 e. The van der Waals surface area contributed by atoms with Gasteiger partial charge in [0.05, 0.1) is 35.1 Å². The average molecular weight is 344 g/mol. The minimum absolute atomic E-state index is 0.305.